The van der Waals surface area contributed by atoms with Gasteiger partial charge < -0.3 is 14.0 Å². The van der Waals surface area contributed by atoms with Crippen LogP contribution in [0.2, 0.25) is 0 Å². The van der Waals surface area contributed by atoms with Crippen LogP contribution in [0.15, 0.2) is 67.5 Å². The van der Waals surface area contributed by atoms with Crippen LogP contribution in [0.25, 0.3) is 5.65 Å². The predicted molar refractivity (Wildman–Crippen MR) is 118 cm³/mol. The lowest BCUT2D eigenvalue weighted by atomic mass is 9.95. The van der Waals surface area contributed by atoms with Gasteiger partial charge in [0.15, 0.2) is 5.65 Å². The first-order valence-corrected chi connectivity index (χ1v) is 10.9. The molecule has 4 aromatic rings. The van der Waals surface area contributed by atoms with Gasteiger partial charge in [-0.1, -0.05) is 6.07 Å². The summed E-state index contributed by atoms with van der Waals surface area (Å²) in [6.45, 7) is 1.50. The van der Waals surface area contributed by atoms with Gasteiger partial charge in [0.2, 0.25) is 0 Å². The highest BCUT2D eigenvalue weighted by molar-refractivity contribution is 5.94. The molecule has 4 heterocycles. The largest absolute Gasteiger partial charge is 0.424 e. The number of aromatic nitrogens is 5. The molecule has 0 N–H and O–H groups in total. The normalized spacial score (nSPS) is 16.6. The molecule has 162 valence electrons. The fraction of sp³-hybridized carbons (Fsp3) is 0.292. The van der Waals surface area contributed by atoms with E-state index >= 15 is 0 Å². The maximum atomic E-state index is 13.2. The highest BCUT2D eigenvalue weighted by Gasteiger charge is 2.22. The van der Waals surface area contributed by atoms with Crippen LogP contribution in [-0.2, 0) is 6.42 Å². The maximum Gasteiger partial charge on any atom is 0.321 e. The molecule has 1 aliphatic rings. The van der Waals surface area contributed by atoms with Crippen molar-refractivity contribution in [2.24, 2.45) is 5.92 Å². The zero-order valence-corrected chi connectivity index (χ0v) is 17.7. The van der Waals surface area contributed by atoms with Gasteiger partial charge in [0.25, 0.3) is 5.91 Å². The number of nitrogens with zero attached hydrogens (tertiary/aromatic N) is 6. The Morgan fingerprint density at radius 2 is 1.94 bits per heavy atom. The molecule has 32 heavy (non-hydrogen) atoms. The smallest absolute Gasteiger partial charge is 0.321 e. The van der Waals surface area contributed by atoms with Crippen molar-refractivity contribution < 1.29 is 9.53 Å². The summed E-state index contributed by atoms with van der Waals surface area (Å²) in [5.74, 6) is 1.09. The summed E-state index contributed by atoms with van der Waals surface area (Å²) in [6, 6.07) is 9.20. The van der Waals surface area contributed by atoms with E-state index in [0.29, 0.717) is 17.2 Å². The molecule has 8 heteroatoms. The number of likely N-dealkylation sites (tertiary alicyclic amines) is 1. The quantitative estimate of drug-likeness (QED) is 0.481. The second-order valence-electron chi connectivity index (χ2n) is 8.03. The summed E-state index contributed by atoms with van der Waals surface area (Å²) >= 11 is 0. The van der Waals surface area contributed by atoms with E-state index in [2.05, 4.69) is 26.1 Å². The van der Waals surface area contributed by atoms with E-state index in [-0.39, 0.29) is 11.9 Å². The number of amides is 1. The molecule has 0 unspecified atom stereocenters. The highest BCUT2D eigenvalue weighted by atomic mass is 16.5. The second-order valence-corrected chi connectivity index (χ2v) is 8.03. The molecule has 1 amide bonds. The topological polar surface area (TPSA) is 85.5 Å². The number of carbonyl (C=O) groups is 1. The lowest BCUT2D eigenvalue weighted by molar-refractivity contribution is 0.0759. The van der Waals surface area contributed by atoms with Crippen LogP contribution in [0.4, 0.5) is 0 Å². The van der Waals surface area contributed by atoms with E-state index in [9.17, 15) is 4.79 Å². The molecule has 8 nitrogen and oxygen atoms in total. The van der Waals surface area contributed by atoms with E-state index in [1.165, 1.54) is 0 Å². The number of hydrogen-bond donors (Lipinski definition) is 0. The monoisotopic (exact) mass is 428 g/mol. The van der Waals surface area contributed by atoms with Crippen LogP contribution >= 0.6 is 0 Å². The SMILES string of the molecule is O=C(c1cccc(Oc2ncccn2)c1)N1CCC[C@@H](Cc2cn3ccnc3cn2)CC1. The summed E-state index contributed by atoms with van der Waals surface area (Å²) in [5, 5.41) is 0. The van der Waals surface area contributed by atoms with E-state index < -0.39 is 0 Å². The van der Waals surface area contributed by atoms with E-state index in [4.69, 9.17) is 4.74 Å². The number of hydrogen-bond acceptors (Lipinski definition) is 6. The van der Waals surface area contributed by atoms with Crippen molar-refractivity contribution in [2.45, 2.75) is 25.7 Å². The van der Waals surface area contributed by atoms with E-state index in [1.807, 2.05) is 33.8 Å². The number of ether oxygens (including phenoxy) is 1. The zero-order valence-electron chi connectivity index (χ0n) is 17.7. The Bertz CT molecular complexity index is 1210. The van der Waals surface area contributed by atoms with Crippen LogP contribution in [0.3, 0.4) is 0 Å². The minimum Gasteiger partial charge on any atom is -0.424 e. The first-order valence-electron chi connectivity index (χ1n) is 10.9. The van der Waals surface area contributed by atoms with Gasteiger partial charge in [-0.15, -0.1) is 0 Å². The predicted octanol–water partition coefficient (Wildman–Crippen LogP) is 3.80. The molecule has 1 fully saturated rings. The molecular formula is C24H24N6O2. The Hall–Kier alpha value is -3.81. The minimum atomic E-state index is 0.0306. The second kappa shape index (κ2) is 9.13. The number of imidazole rings is 1. The molecule has 0 spiro atoms. The average molecular weight is 428 g/mol. The van der Waals surface area contributed by atoms with Gasteiger partial charge in [-0.3, -0.25) is 9.78 Å². The van der Waals surface area contributed by atoms with Crippen LogP contribution in [0, 0.1) is 5.92 Å². The molecule has 1 aliphatic heterocycles. The Kier molecular flexibility index (Phi) is 5.74. The molecule has 5 rings (SSSR count). The lowest BCUT2D eigenvalue weighted by Gasteiger charge is -2.21. The summed E-state index contributed by atoms with van der Waals surface area (Å²) in [7, 11) is 0. The lowest BCUT2D eigenvalue weighted by Crippen LogP contribution is -2.32. The van der Waals surface area contributed by atoms with Gasteiger partial charge in [-0.05, 0) is 55.9 Å². The van der Waals surface area contributed by atoms with Crippen LogP contribution in [0.1, 0.15) is 35.3 Å². The fourth-order valence-corrected chi connectivity index (χ4v) is 4.16. The number of benzene rings is 1. The average Bonchev–Trinajstić information content (AvgIpc) is 3.17. The fourth-order valence-electron chi connectivity index (χ4n) is 4.16. The molecular weight excluding hydrogens is 404 g/mol. The van der Waals surface area contributed by atoms with Crippen molar-refractivity contribution in [1.82, 2.24) is 29.2 Å². The summed E-state index contributed by atoms with van der Waals surface area (Å²) < 4.78 is 7.69. The van der Waals surface area contributed by atoms with Gasteiger partial charge in [0.1, 0.15) is 5.75 Å². The molecule has 3 aromatic heterocycles. The molecule has 0 aliphatic carbocycles. The first-order chi connectivity index (χ1) is 15.7. The first kappa shape index (κ1) is 20.1. The van der Waals surface area contributed by atoms with Gasteiger partial charge >= 0.3 is 6.01 Å². The molecule has 0 saturated carbocycles. The van der Waals surface area contributed by atoms with Crippen molar-refractivity contribution in [2.75, 3.05) is 13.1 Å². The van der Waals surface area contributed by atoms with Crippen LogP contribution < -0.4 is 4.74 Å². The number of rotatable bonds is 5. The summed E-state index contributed by atoms with van der Waals surface area (Å²) in [6.07, 6.45) is 14.8. The highest BCUT2D eigenvalue weighted by Crippen LogP contribution is 2.24. The van der Waals surface area contributed by atoms with Crippen LogP contribution in [-0.4, -0.2) is 48.2 Å². The molecule has 1 aromatic carbocycles. The van der Waals surface area contributed by atoms with Crippen molar-refractivity contribution >= 4 is 11.6 Å². The number of carbonyl (C=O) groups excluding carboxylic acids is 1. The van der Waals surface area contributed by atoms with Crippen molar-refractivity contribution in [3.05, 3.63) is 78.8 Å². The zero-order chi connectivity index (χ0) is 21.8. The van der Waals surface area contributed by atoms with Crippen LogP contribution in [0.5, 0.6) is 11.8 Å². The third kappa shape index (κ3) is 4.59. The van der Waals surface area contributed by atoms with Gasteiger partial charge in [-0.2, -0.15) is 0 Å². The summed E-state index contributed by atoms with van der Waals surface area (Å²) in [4.78, 5) is 32.1. The third-order valence-corrected chi connectivity index (χ3v) is 5.80. The summed E-state index contributed by atoms with van der Waals surface area (Å²) in [5.41, 5.74) is 2.54. The van der Waals surface area contributed by atoms with Gasteiger partial charge in [0.05, 0.1) is 11.9 Å². The van der Waals surface area contributed by atoms with E-state index in [1.54, 1.807) is 36.8 Å². The standard InChI is InChI=1S/C24H24N6O2/c31-23(19-5-1-6-21(15-19)32-24-26-8-3-9-27-24)29-11-2-4-18(7-12-29)14-20-17-30-13-10-25-22(30)16-28-20/h1,3,5-6,8-10,13,15-18H,2,4,7,11-12,14H2/t18-/m1/s1. The molecule has 0 radical (unpaired) electrons. The van der Waals surface area contributed by atoms with Gasteiger partial charge in [0, 0.05) is 49.6 Å². The Balaban J connectivity index is 1.22. The third-order valence-electron chi connectivity index (χ3n) is 5.80. The van der Waals surface area contributed by atoms with Crippen molar-refractivity contribution in [3.8, 4) is 11.8 Å². The Morgan fingerprint density at radius 1 is 1.03 bits per heavy atom. The van der Waals surface area contributed by atoms with E-state index in [0.717, 1.165) is 50.1 Å². The molecule has 1 atom stereocenters. The Labute approximate surface area is 185 Å². The van der Waals surface area contributed by atoms with Crippen molar-refractivity contribution in [1.29, 1.82) is 0 Å². The molecule has 0 bridgehead atoms. The van der Waals surface area contributed by atoms with Crippen molar-refractivity contribution in [3.63, 3.8) is 0 Å². The molecule has 1 saturated heterocycles. The Morgan fingerprint density at radius 3 is 2.84 bits per heavy atom. The van der Waals surface area contributed by atoms with Gasteiger partial charge in [-0.25, -0.2) is 15.0 Å². The maximum absolute atomic E-state index is 13.2. The minimum absolute atomic E-state index is 0.0306. The number of fused-ring (bicyclic) bond motifs is 1.